The molecule has 15 heavy (non-hydrogen) atoms. The van der Waals surface area contributed by atoms with Gasteiger partial charge >= 0.3 is 0 Å². The third-order valence-corrected chi connectivity index (χ3v) is 2.93. The summed E-state index contributed by atoms with van der Waals surface area (Å²) in [6.07, 6.45) is 4.12. The van der Waals surface area contributed by atoms with Crippen molar-refractivity contribution in [1.82, 2.24) is 20.3 Å². The molecule has 4 nitrogen and oxygen atoms in total. The van der Waals surface area contributed by atoms with Crippen LogP contribution in [0.15, 0.2) is 6.20 Å². The molecule has 0 spiro atoms. The lowest BCUT2D eigenvalue weighted by Gasteiger charge is -2.22. The van der Waals surface area contributed by atoms with E-state index in [0.717, 1.165) is 19.4 Å². The normalized spacial score (nSPS) is 15.2. The first-order chi connectivity index (χ1) is 7.24. The molecule has 0 amide bonds. The first kappa shape index (κ1) is 12.2. The topological polar surface area (TPSA) is 42.7 Å². The Morgan fingerprint density at radius 3 is 2.73 bits per heavy atom. The van der Waals surface area contributed by atoms with E-state index in [1.165, 1.54) is 5.69 Å². The van der Waals surface area contributed by atoms with Crippen LogP contribution in [-0.2, 0) is 6.54 Å². The molecule has 4 heteroatoms. The zero-order valence-electron chi connectivity index (χ0n) is 10.2. The summed E-state index contributed by atoms with van der Waals surface area (Å²) in [4.78, 5) is 0. The molecule has 0 saturated heterocycles. The number of aromatic nitrogens is 3. The van der Waals surface area contributed by atoms with Crippen molar-refractivity contribution in [2.75, 3.05) is 7.05 Å². The van der Waals surface area contributed by atoms with E-state index in [4.69, 9.17) is 0 Å². The second-order valence-corrected chi connectivity index (χ2v) is 4.03. The van der Waals surface area contributed by atoms with Crippen molar-refractivity contribution in [3.05, 3.63) is 11.9 Å². The van der Waals surface area contributed by atoms with E-state index in [1.54, 1.807) is 0 Å². The number of nitrogens with one attached hydrogen (secondary N) is 1. The lowest BCUT2D eigenvalue weighted by molar-refractivity contribution is 0.371. The highest BCUT2D eigenvalue weighted by molar-refractivity contribution is 5.03. The van der Waals surface area contributed by atoms with Gasteiger partial charge in [-0.1, -0.05) is 32.4 Å². The van der Waals surface area contributed by atoms with Crippen LogP contribution in [0.1, 0.15) is 45.3 Å². The van der Waals surface area contributed by atoms with Gasteiger partial charge in [-0.05, 0) is 19.4 Å². The molecule has 1 heterocycles. The fourth-order valence-electron chi connectivity index (χ4n) is 1.85. The van der Waals surface area contributed by atoms with Crippen molar-refractivity contribution in [3.8, 4) is 0 Å². The maximum absolute atomic E-state index is 4.12. The molecule has 0 bridgehead atoms. The fourth-order valence-corrected chi connectivity index (χ4v) is 1.85. The van der Waals surface area contributed by atoms with Crippen molar-refractivity contribution in [2.24, 2.45) is 5.92 Å². The molecular formula is C11H22N4. The van der Waals surface area contributed by atoms with E-state index in [-0.39, 0.29) is 0 Å². The SMILES string of the molecule is CCCn1nncc1C(NC)C(C)CC. The summed E-state index contributed by atoms with van der Waals surface area (Å²) in [5, 5.41) is 11.5. The Labute approximate surface area is 92.1 Å². The van der Waals surface area contributed by atoms with E-state index in [9.17, 15) is 0 Å². The van der Waals surface area contributed by atoms with Crippen LogP contribution >= 0.6 is 0 Å². The number of hydrogen-bond donors (Lipinski definition) is 1. The van der Waals surface area contributed by atoms with Gasteiger partial charge in [-0.2, -0.15) is 0 Å². The maximum atomic E-state index is 4.12. The summed E-state index contributed by atoms with van der Waals surface area (Å²) in [6.45, 7) is 7.57. The van der Waals surface area contributed by atoms with Crippen LogP contribution in [0.2, 0.25) is 0 Å². The van der Waals surface area contributed by atoms with E-state index in [2.05, 4.69) is 36.4 Å². The highest BCUT2D eigenvalue weighted by Crippen LogP contribution is 2.23. The molecule has 2 unspecified atom stereocenters. The standard InChI is InChI=1S/C11H22N4/c1-5-7-15-10(8-13-14-15)11(12-4)9(3)6-2/h8-9,11-12H,5-7H2,1-4H3. The van der Waals surface area contributed by atoms with Gasteiger partial charge in [0.2, 0.25) is 0 Å². The molecule has 0 aliphatic heterocycles. The largest absolute Gasteiger partial charge is 0.311 e. The van der Waals surface area contributed by atoms with Crippen LogP contribution in [0.3, 0.4) is 0 Å². The van der Waals surface area contributed by atoms with Gasteiger partial charge in [0.05, 0.1) is 17.9 Å². The Bertz CT molecular complexity index is 282. The summed E-state index contributed by atoms with van der Waals surface area (Å²) < 4.78 is 2.01. The lowest BCUT2D eigenvalue weighted by atomic mass is 9.97. The van der Waals surface area contributed by atoms with Crippen LogP contribution in [0, 0.1) is 5.92 Å². The third-order valence-electron chi connectivity index (χ3n) is 2.93. The Morgan fingerprint density at radius 1 is 1.47 bits per heavy atom. The molecule has 1 aromatic rings. The summed E-state index contributed by atoms with van der Waals surface area (Å²) in [5.74, 6) is 0.601. The Balaban J connectivity index is 2.85. The first-order valence-corrected chi connectivity index (χ1v) is 5.80. The Kier molecular flexibility index (Phi) is 4.75. The lowest BCUT2D eigenvalue weighted by Crippen LogP contribution is -2.26. The zero-order chi connectivity index (χ0) is 11.3. The van der Waals surface area contributed by atoms with Crippen LogP contribution in [0.25, 0.3) is 0 Å². The summed E-state index contributed by atoms with van der Waals surface area (Å²) in [6, 6.07) is 0.358. The number of nitrogens with zero attached hydrogens (tertiary/aromatic N) is 3. The predicted molar refractivity (Wildman–Crippen MR) is 61.6 cm³/mol. The number of aryl methyl sites for hydroxylation is 1. The molecule has 0 fully saturated rings. The van der Waals surface area contributed by atoms with Gasteiger partial charge in [-0.15, -0.1) is 5.10 Å². The molecule has 0 aliphatic rings. The van der Waals surface area contributed by atoms with Crippen LogP contribution in [-0.4, -0.2) is 22.0 Å². The predicted octanol–water partition coefficient (Wildman–Crippen LogP) is 1.99. The van der Waals surface area contributed by atoms with Gasteiger partial charge in [0, 0.05) is 6.54 Å². The fraction of sp³-hybridized carbons (Fsp3) is 0.818. The highest BCUT2D eigenvalue weighted by Gasteiger charge is 2.20. The van der Waals surface area contributed by atoms with E-state index < -0.39 is 0 Å². The van der Waals surface area contributed by atoms with Crippen molar-refractivity contribution >= 4 is 0 Å². The van der Waals surface area contributed by atoms with Gasteiger partial charge in [0.15, 0.2) is 0 Å². The molecule has 86 valence electrons. The van der Waals surface area contributed by atoms with Gasteiger partial charge in [0.25, 0.3) is 0 Å². The van der Waals surface area contributed by atoms with E-state index in [1.807, 2.05) is 17.9 Å². The Morgan fingerprint density at radius 2 is 2.20 bits per heavy atom. The summed E-state index contributed by atoms with van der Waals surface area (Å²) in [5.41, 5.74) is 1.20. The van der Waals surface area contributed by atoms with Crippen molar-refractivity contribution in [1.29, 1.82) is 0 Å². The van der Waals surface area contributed by atoms with Gasteiger partial charge in [-0.25, -0.2) is 4.68 Å². The molecule has 2 atom stereocenters. The Hall–Kier alpha value is -0.900. The minimum Gasteiger partial charge on any atom is -0.311 e. The van der Waals surface area contributed by atoms with Crippen molar-refractivity contribution in [2.45, 2.75) is 46.2 Å². The smallest absolute Gasteiger partial charge is 0.0759 e. The van der Waals surface area contributed by atoms with Crippen LogP contribution in [0.4, 0.5) is 0 Å². The monoisotopic (exact) mass is 210 g/mol. The minimum absolute atomic E-state index is 0.358. The van der Waals surface area contributed by atoms with E-state index in [0.29, 0.717) is 12.0 Å². The molecule has 0 aromatic carbocycles. The maximum Gasteiger partial charge on any atom is 0.0759 e. The number of hydrogen-bond acceptors (Lipinski definition) is 3. The van der Waals surface area contributed by atoms with Gasteiger partial charge < -0.3 is 5.32 Å². The average molecular weight is 210 g/mol. The molecule has 0 radical (unpaired) electrons. The average Bonchev–Trinajstić information content (AvgIpc) is 2.68. The molecule has 0 aliphatic carbocycles. The number of rotatable bonds is 6. The zero-order valence-corrected chi connectivity index (χ0v) is 10.2. The first-order valence-electron chi connectivity index (χ1n) is 5.80. The van der Waals surface area contributed by atoms with Crippen molar-refractivity contribution < 1.29 is 0 Å². The quantitative estimate of drug-likeness (QED) is 0.781. The highest BCUT2D eigenvalue weighted by atomic mass is 15.4. The molecular weight excluding hydrogens is 188 g/mol. The minimum atomic E-state index is 0.358. The molecule has 0 saturated carbocycles. The third kappa shape index (κ3) is 2.78. The molecule has 1 N–H and O–H groups in total. The molecule has 1 rings (SSSR count). The van der Waals surface area contributed by atoms with Crippen molar-refractivity contribution in [3.63, 3.8) is 0 Å². The second kappa shape index (κ2) is 5.85. The van der Waals surface area contributed by atoms with Crippen LogP contribution in [0.5, 0.6) is 0 Å². The van der Waals surface area contributed by atoms with Crippen LogP contribution < -0.4 is 5.32 Å². The van der Waals surface area contributed by atoms with E-state index >= 15 is 0 Å². The second-order valence-electron chi connectivity index (χ2n) is 4.03. The summed E-state index contributed by atoms with van der Waals surface area (Å²) >= 11 is 0. The molecule has 1 aromatic heterocycles. The summed E-state index contributed by atoms with van der Waals surface area (Å²) in [7, 11) is 2.00. The van der Waals surface area contributed by atoms with Gasteiger partial charge in [0.1, 0.15) is 0 Å². The van der Waals surface area contributed by atoms with Gasteiger partial charge in [-0.3, -0.25) is 0 Å².